The lowest BCUT2D eigenvalue weighted by Crippen LogP contribution is -2.55. The molecular weight excluding hydrogens is 1210 g/mol. The van der Waals surface area contributed by atoms with E-state index < -0.39 is 84.9 Å². The summed E-state index contributed by atoms with van der Waals surface area (Å²) in [5, 5.41) is 88.7. The second-order valence-corrected chi connectivity index (χ2v) is 24.6. The number of hydrogen-bond donors (Lipinski definition) is 12. The predicted octanol–water partition coefficient (Wildman–Crippen LogP) is 3.37. The number of carboxylic acid groups (broad SMARTS) is 8. The van der Waals surface area contributed by atoms with Gasteiger partial charge in [-0.1, -0.05) is 70.4 Å². The van der Waals surface area contributed by atoms with Crippen LogP contribution in [0.1, 0.15) is 134 Å². The molecule has 31 nitrogen and oxygen atoms in total. The Morgan fingerprint density at radius 2 is 1.01 bits per heavy atom. The van der Waals surface area contributed by atoms with Gasteiger partial charge in [0.05, 0.1) is 32.3 Å². The number of aromatic nitrogens is 3. The molecule has 2 aromatic rings. The second-order valence-electron chi connectivity index (χ2n) is 24.6. The van der Waals surface area contributed by atoms with Crippen LogP contribution in [-0.4, -0.2) is 276 Å². The highest BCUT2D eigenvalue weighted by molar-refractivity contribution is 5.86. The van der Waals surface area contributed by atoms with E-state index >= 15 is 0 Å². The molecule has 520 valence electrons. The van der Waals surface area contributed by atoms with E-state index in [2.05, 4.69) is 42.9 Å². The number of benzene rings is 1. The lowest BCUT2D eigenvalue weighted by atomic mass is 9.92. The van der Waals surface area contributed by atoms with Gasteiger partial charge in [-0.3, -0.25) is 53.3 Å². The van der Waals surface area contributed by atoms with E-state index in [9.17, 15) is 78.9 Å². The normalized spacial score (nSPS) is 18.1. The number of carbonyl (C=O) groups is 9. The number of anilines is 4. The van der Waals surface area contributed by atoms with Crippen LogP contribution in [0.5, 0.6) is 0 Å². The van der Waals surface area contributed by atoms with E-state index in [0.29, 0.717) is 94.5 Å². The van der Waals surface area contributed by atoms with Crippen LogP contribution in [0.2, 0.25) is 0 Å². The smallest absolute Gasteiger partial charge is 0.326 e. The molecule has 4 heterocycles. The summed E-state index contributed by atoms with van der Waals surface area (Å²) in [5.41, 5.74) is 1.43. The summed E-state index contributed by atoms with van der Waals surface area (Å²) in [5.74, 6) is -7.57. The predicted molar refractivity (Wildman–Crippen MR) is 343 cm³/mol. The van der Waals surface area contributed by atoms with Gasteiger partial charge < -0.3 is 71.9 Å². The quantitative estimate of drug-likeness (QED) is 0.0425. The standard InChI is InChI=1S/C62H100N14O17/c1-2-3-4-5-6-7-8-9-15-50(63-25-11-10-14-48(57(89)90)65-62(93)66-49(58(91)92)21-22-52(79)80)73-34-36-75(37-35-73)61-68-59(67-60(69-61)74-26-23-44(24-27-74)13-12-16-51(77)78)64-46-19-17-45(18-20-46)38-47-39-72(42-55(85)86)31-30-70(40-53(81)82)28-29-71(41-54(83)84)32-33-76(47)43-56(87)88/h17-20,44,47-50,63H,2-16,21-43H2,1H3,(H,77,78)(H,79,80)(H,81,82)(H,83,84)(H,85,86)(H,87,88)(H,89,90)(H,91,92)(H2,65,66,93)(H,64,67,68,69)/t47?,48-,49-,50?/m0/s1. The number of piperidine rings is 1. The number of rotatable bonds is 41. The summed E-state index contributed by atoms with van der Waals surface area (Å²) in [6.07, 6.45) is 13.8. The van der Waals surface area contributed by atoms with Crippen LogP contribution < -0.4 is 31.1 Å². The third-order valence-corrected chi connectivity index (χ3v) is 17.3. The van der Waals surface area contributed by atoms with Crippen molar-refractivity contribution in [2.45, 2.75) is 160 Å². The van der Waals surface area contributed by atoms with Crippen molar-refractivity contribution in [3.8, 4) is 0 Å². The number of hydrogen-bond acceptors (Lipinski definition) is 21. The molecule has 12 N–H and O–H groups in total. The van der Waals surface area contributed by atoms with E-state index in [1.165, 1.54) is 32.1 Å². The maximum atomic E-state index is 12.6. The van der Waals surface area contributed by atoms with Gasteiger partial charge in [0.15, 0.2) is 0 Å². The van der Waals surface area contributed by atoms with Crippen LogP contribution in [0.15, 0.2) is 24.3 Å². The van der Waals surface area contributed by atoms with Gasteiger partial charge in [0.2, 0.25) is 17.8 Å². The number of urea groups is 1. The molecule has 2 unspecified atom stereocenters. The highest BCUT2D eigenvalue weighted by Crippen LogP contribution is 2.28. The molecule has 31 heteroatoms. The Balaban J connectivity index is 1.33. The van der Waals surface area contributed by atoms with E-state index in [1.807, 2.05) is 24.3 Å². The van der Waals surface area contributed by atoms with Crippen LogP contribution in [-0.2, 0) is 44.8 Å². The monoisotopic (exact) mass is 1310 g/mol. The van der Waals surface area contributed by atoms with Gasteiger partial charge in [0.1, 0.15) is 12.1 Å². The zero-order valence-corrected chi connectivity index (χ0v) is 53.8. The Bertz CT molecular complexity index is 2680. The van der Waals surface area contributed by atoms with Crippen molar-refractivity contribution in [1.29, 1.82) is 0 Å². The first kappa shape index (κ1) is 76.1. The fourth-order valence-corrected chi connectivity index (χ4v) is 12.1. The van der Waals surface area contributed by atoms with Gasteiger partial charge in [0.25, 0.3) is 0 Å². The summed E-state index contributed by atoms with van der Waals surface area (Å²) >= 11 is 0. The van der Waals surface area contributed by atoms with Crippen LogP contribution in [0.4, 0.5) is 28.3 Å². The van der Waals surface area contributed by atoms with Crippen molar-refractivity contribution >= 4 is 77.3 Å². The summed E-state index contributed by atoms with van der Waals surface area (Å²) in [6.45, 7) is 6.19. The number of aliphatic carboxylic acids is 8. The number of nitrogens with one attached hydrogen (secondary N) is 4. The number of piperazine rings is 1. The first-order valence-electron chi connectivity index (χ1n) is 32.9. The molecule has 1 aromatic carbocycles. The van der Waals surface area contributed by atoms with Gasteiger partial charge in [-0.05, 0) is 94.4 Å². The van der Waals surface area contributed by atoms with Gasteiger partial charge in [-0.2, -0.15) is 15.0 Å². The molecule has 2 amide bonds. The van der Waals surface area contributed by atoms with Gasteiger partial charge in [-0.15, -0.1) is 0 Å². The molecule has 0 radical (unpaired) electrons. The number of carbonyl (C=O) groups excluding carboxylic acids is 1. The highest BCUT2D eigenvalue weighted by atomic mass is 16.4. The number of amides is 2. The molecule has 0 saturated carbocycles. The molecule has 5 rings (SSSR count). The Hall–Kier alpha value is -7.58. The summed E-state index contributed by atoms with van der Waals surface area (Å²) in [4.78, 5) is 135. The molecule has 1 aromatic heterocycles. The third-order valence-electron chi connectivity index (χ3n) is 17.3. The van der Waals surface area contributed by atoms with Crippen molar-refractivity contribution < 1.29 is 84.0 Å². The molecule has 0 bridgehead atoms. The molecule has 4 atom stereocenters. The van der Waals surface area contributed by atoms with Crippen LogP contribution >= 0.6 is 0 Å². The molecule has 3 fully saturated rings. The van der Waals surface area contributed by atoms with Gasteiger partial charge in [0, 0.05) is 110 Å². The second kappa shape index (κ2) is 41.2. The molecule has 3 aliphatic rings. The largest absolute Gasteiger partial charge is 0.481 e. The Morgan fingerprint density at radius 3 is 1.56 bits per heavy atom. The number of carboxylic acids is 8. The highest BCUT2D eigenvalue weighted by Gasteiger charge is 2.31. The molecule has 0 aliphatic carbocycles. The van der Waals surface area contributed by atoms with E-state index in [0.717, 1.165) is 50.5 Å². The number of unbranched alkanes of at least 4 members (excludes halogenated alkanes) is 8. The minimum Gasteiger partial charge on any atom is -0.481 e. The molecule has 93 heavy (non-hydrogen) atoms. The molecular formula is C62H100N14O17. The Labute approximate surface area is 543 Å². The van der Waals surface area contributed by atoms with Crippen molar-refractivity contribution in [2.24, 2.45) is 5.92 Å². The van der Waals surface area contributed by atoms with Crippen LogP contribution in [0, 0.1) is 5.92 Å². The zero-order valence-electron chi connectivity index (χ0n) is 53.8. The molecule has 0 spiro atoms. The van der Waals surface area contributed by atoms with E-state index in [1.54, 1.807) is 19.6 Å². The van der Waals surface area contributed by atoms with Gasteiger partial charge >= 0.3 is 53.8 Å². The maximum Gasteiger partial charge on any atom is 0.326 e. The van der Waals surface area contributed by atoms with Crippen molar-refractivity contribution in [3.63, 3.8) is 0 Å². The van der Waals surface area contributed by atoms with Crippen molar-refractivity contribution in [2.75, 3.05) is 133 Å². The van der Waals surface area contributed by atoms with Gasteiger partial charge in [-0.25, -0.2) is 14.4 Å². The number of nitrogens with zero attached hydrogens (tertiary/aromatic N) is 10. The fourth-order valence-electron chi connectivity index (χ4n) is 12.1. The lowest BCUT2D eigenvalue weighted by Gasteiger charge is -2.40. The topological polar surface area (TPSA) is 425 Å². The lowest BCUT2D eigenvalue weighted by molar-refractivity contribution is -0.142. The summed E-state index contributed by atoms with van der Waals surface area (Å²) in [6, 6.07) is 3.04. The van der Waals surface area contributed by atoms with Crippen LogP contribution in [0.25, 0.3) is 0 Å². The van der Waals surface area contributed by atoms with Crippen molar-refractivity contribution in [1.82, 2.24) is 55.4 Å². The minimum atomic E-state index is -1.51. The Kier molecular flexibility index (Phi) is 33.7. The minimum absolute atomic E-state index is 0.000775. The van der Waals surface area contributed by atoms with E-state index in [4.69, 9.17) is 20.1 Å². The van der Waals surface area contributed by atoms with Crippen LogP contribution in [0.3, 0.4) is 0 Å². The average Bonchev–Trinajstić information content (AvgIpc) is 0.840. The molecule has 3 saturated heterocycles. The average molecular weight is 1310 g/mol. The summed E-state index contributed by atoms with van der Waals surface area (Å²) < 4.78 is 0. The fraction of sp³-hybridized carbons (Fsp3) is 0.710. The van der Waals surface area contributed by atoms with E-state index in [-0.39, 0.29) is 97.3 Å². The first-order valence-corrected chi connectivity index (χ1v) is 32.9. The Morgan fingerprint density at radius 1 is 0.505 bits per heavy atom. The van der Waals surface area contributed by atoms with Crippen molar-refractivity contribution in [3.05, 3.63) is 29.8 Å². The zero-order chi connectivity index (χ0) is 67.7. The summed E-state index contributed by atoms with van der Waals surface area (Å²) in [7, 11) is 0. The molecule has 3 aliphatic heterocycles. The SMILES string of the molecule is CCCCCCCCCCC(NCCCC[C@H](NC(=O)N[C@@H](CCC(=O)O)C(=O)O)C(=O)O)N1CCN(c2nc(Nc3ccc(CC4CN(CC(=O)O)CCN(CC(=O)O)CCN(CC(=O)O)CCN4CC(=O)O)cc3)nc(N3CCC(CCCC(=O)O)CC3)n2)CC1. The first-order chi connectivity index (χ1) is 44.5. The maximum absolute atomic E-state index is 12.6. The third kappa shape index (κ3) is 29.9.